The van der Waals surface area contributed by atoms with Gasteiger partial charge >= 0.3 is 0 Å². The molecule has 0 aliphatic carbocycles. The maximum Gasteiger partial charge on any atom is 0.163 e. The van der Waals surface area contributed by atoms with Gasteiger partial charge in [0.05, 0.1) is 5.52 Å². The smallest absolute Gasteiger partial charge is 0.163 e. The second kappa shape index (κ2) is 6.49. The van der Waals surface area contributed by atoms with Gasteiger partial charge in [0, 0.05) is 35.4 Å². The fourth-order valence-corrected chi connectivity index (χ4v) is 2.89. The molecular formula is C20H15ClN4. The average molecular weight is 347 g/mol. The molecule has 2 heterocycles. The lowest BCUT2D eigenvalue weighted by Crippen LogP contribution is -1.99. The van der Waals surface area contributed by atoms with Gasteiger partial charge in [-0.15, -0.1) is 0 Å². The second-order valence-corrected chi connectivity index (χ2v) is 6.06. The first-order valence-electron chi connectivity index (χ1n) is 7.90. The van der Waals surface area contributed by atoms with E-state index < -0.39 is 0 Å². The van der Waals surface area contributed by atoms with Gasteiger partial charge in [0.2, 0.25) is 0 Å². The minimum atomic E-state index is 0.651. The number of benzene rings is 2. The fourth-order valence-electron chi connectivity index (χ4n) is 2.77. The highest BCUT2D eigenvalue weighted by Crippen LogP contribution is 2.29. The Morgan fingerprint density at radius 1 is 0.880 bits per heavy atom. The normalized spacial score (nSPS) is 10.8. The average Bonchev–Trinajstić information content (AvgIpc) is 2.68. The van der Waals surface area contributed by atoms with Crippen LogP contribution in [0.2, 0.25) is 5.02 Å². The summed E-state index contributed by atoms with van der Waals surface area (Å²) in [6.07, 6.45) is 3.51. The SMILES string of the molecule is CNc1nc(-c2cccnc2)nc2cc(-c3ccc(Cl)cc3)ccc12. The summed E-state index contributed by atoms with van der Waals surface area (Å²) in [6, 6.07) is 17.8. The molecule has 0 atom stereocenters. The van der Waals surface area contributed by atoms with Crippen LogP contribution in [0.15, 0.2) is 67.0 Å². The summed E-state index contributed by atoms with van der Waals surface area (Å²) in [5.41, 5.74) is 3.95. The standard InChI is InChI=1S/C20H15ClN4/c1-22-20-17-9-6-14(13-4-7-16(21)8-5-13)11-18(17)24-19(25-20)15-3-2-10-23-12-15/h2-12H,1H3,(H,22,24,25). The Labute approximate surface area is 150 Å². The summed E-state index contributed by atoms with van der Waals surface area (Å²) < 4.78 is 0. The molecule has 0 bridgehead atoms. The van der Waals surface area contributed by atoms with Gasteiger partial charge in [0.25, 0.3) is 0 Å². The van der Waals surface area contributed by atoms with Crippen molar-refractivity contribution in [1.82, 2.24) is 15.0 Å². The van der Waals surface area contributed by atoms with E-state index in [0.29, 0.717) is 5.82 Å². The molecular weight excluding hydrogens is 332 g/mol. The molecule has 0 saturated carbocycles. The predicted molar refractivity (Wildman–Crippen MR) is 103 cm³/mol. The zero-order valence-corrected chi connectivity index (χ0v) is 14.3. The largest absolute Gasteiger partial charge is 0.373 e. The van der Waals surface area contributed by atoms with Crippen molar-refractivity contribution in [2.24, 2.45) is 0 Å². The fraction of sp³-hybridized carbons (Fsp3) is 0.0500. The quantitative estimate of drug-likeness (QED) is 0.563. The Hall–Kier alpha value is -2.98. The Kier molecular flexibility index (Phi) is 4.04. The van der Waals surface area contributed by atoms with Crippen molar-refractivity contribution in [2.75, 3.05) is 12.4 Å². The Morgan fingerprint density at radius 3 is 2.40 bits per heavy atom. The number of nitrogens with one attached hydrogen (secondary N) is 1. The van der Waals surface area contributed by atoms with Crippen LogP contribution in [0.1, 0.15) is 0 Å². The molecule has 0 unspecified atom stereocenters. The van der Waals surface area contributed by atoms with Crippen molar-refractivity contribution in [1.29, 1.82) is 0 Å². The molecule has 2 aromatic carbocycles. The molecule has 0 fully saturated rings. The third kappa shape index (κ3) is 3.04. The third-order valence-electron chi connectivity index (χ3n) is 4.03. The summed E-state index contributed by atoms with van der Waals surface area (Å²) in [4.78, 5) is 13.5. The van der Waals surface area contributed by atoms with Gasteiger partial charge in [0.1, 0.15) is 5.82 Å². The Morgan fingerprint density at radius 2 is 1.68 bits per heavy atom. The number of hydrogen-bond donors (Lipinski definition) is 1. The molecule has 4 aromatic rings. The summed E-state index contributed by atoms with van der Waals surface area (Å²) in [5.74, 6) is 1.45. The predicted octanol–water partition coefficient (Wildman–Crippen LogP) is 5.05. The monoisotopic (exact) mass is 346 g/mol. The van der Waals surface area contributed by atoms with E-state index in [-0.39, 0.29) is 0 Å². The maximum atomic E-state index is 5.99. The molecule has 4 rings (SSSR count). The van der Waals surface area contributed by atoms with Crippen molar-refractivity contribution in [3.63, 3.8) is 0 Å². The van der Waals surface area contributed by atoms with E-state index in [4.69, 9.17) is 16.6 Å². The van der Waals surface area contributed by atoms with Crippen LogP contribution in [-0.2, 0) is 0 Å². The van der Waals surface area contributed by atoms with E-state index in [1.54, 1.807) is 12.4 Å². The van der Waals surface area contributed by atoms with E-state index in [1.807, 2.05) is 49.5 Å². The van der Waals surface area contributed by atoms with Gasteiger partial charge in [-0.1, -0.05) is 29.8 Å². The van der Waals surface area contributed by atoms with Crippen molar-refractivity contribution >= 4 is 28.3 Å². The number of halogens is 1. The molecule has 1 N–H and O–H groups in total. The highest BCUT2D eigenvalue weighted by Gasteiger charge is 2.10. The van der Waals surface area contributed by atoms with Gasteiger partial charge in [0.15, 0.2) is 5.82 Å². The van der Waals surface area contributed by atoms with E-state index in [0.717, 1.165) is 38.4 Å². The molecule has 0 radical (unpaired) electrons. The van der Waals surface area contributed by atoms with Crippen LogP contribution >= 0.6 is 11.6 Å². The highest BCUT2D eigenvalue weighted by molar-refractivity contribution is 6.30. The van der Waals surface area contributed by atoms with Crippen molar-refractivity contribution in [2.45, 2.75) is 0 Å². The topological polar surface area (TPSA) is 50.7 Å². The van der Waals surface area contributed by atoms with Crippen molar-refractivity contribution in [3.05, 3.63) is 72.0 Å². The lowest BCUT2D eigenvalue weighted by Gasteiger charge is -2.10. The molecule has 0 aliphatic heterocycles. The Bertz CT molecular complexity index is 1030. The minimum absolute atomic E-state index is 0.651. The summed E-state index contributed by atoms with van der Waals surface area (Å²) >= 11 is 5.99. The maximum absolute atomic E-state index is 5.99. The van der Waals surface area contributed by atoms with Crippen LogP contribution < -0.4 is 5.32 Å². The van der Waals surface area contributed by atoms with E-state index in [1.165, 1.54) is 0 Å². The zero-order chi connectivity index (χ0) is 17.2. The molecule has 4 nitrogen and oxygen atoms in total. The molecule has 2 aromatic heterocycles. The summed E-state index contributed by atoms with van der Waals surface area (Å²) in [6.45, 7) is 0. The number of fused-ring (bicyclic) bond motifs is 1. The highest BCUT2D eigenvalue weighted by atomic mass is 35.5. The molecule has 0 spiro atoms. The first kappa shape index (κ1) is 15.5. The summed E-state index contributed by atoms with van der Waals surface area (Å²) in [5, 5.41) is 4.86. The molecule has 0 aliphatic rings. The van der Waals surface area contributed by atoms with Crippen molar-refractivity contribution in [3.8, 4) is 22.5 Å². The lowest BCUT2D eigenvalue weighted by molar-refractivity contribution is 1.20. The van der Waals surface area contributed by atoms with Crippen LogP contribution in [0.5, 0.6) is 0 Å². The van der Waals surface area contributed by atoms with Crippen LogP contribution in [0.25, 0.3) is 33.4 Å². The number of nitrogens with zero attached hydrogens (tertiary/aromatic N) is 3. The summed E-state index contributed by atoms with van der Waals surface area (Å²) in [7, 11) is 1.86. The van der Waals surface area contributed by atoms with Gasteiger partial charge in [-0.05, 0) is 47.5 Å². The van der Waals surface area contributed by atoms with Gasteiger partial charge in [-0.25, -0.2) is 9.97 Å². The molecule has 122 valence electrons. The number of rotatable bonds is 3. The zero-order valence-electron chi connectivity index (χ0n) is 13.6. The van der Waals surface area contributed by atoms with Crippen LogP contribution in [0, 0.1) is 0 Å². The van der Waals surface area contributed by atoms with Gasteiger partial charge in [-0.2, -0.15) is 0 Å². The number of pyridine rings is 1. The first-order valence-corrected chi connectivity index (χ1v) is 8.28. The van der Waals surface area contributed by atoms with E-state index >= 15 is 0 Å². The molecule has 0 amide bonds. The van der Waals surface area contributed by atoms with Crippen LogP contribution in [-0.4, -0.2) is 22.0 Å². The number of anilines is 1. The number of aromatic nitrogens is 3. The molecule has 5 heteroatoms. The van der Waals surface area contributed by atoms with Gasteiger partial charge < -0.3 is 5.32 Å². The Balaban J connectivity index is 1.89. The first-order chi connectivity index (χ1) is 12.2. The van der Waals surface area contributed by atoms with Crippen LogP contribution in [0.3, 0.4) is 0 Å². The molecule has 25 heavy (non-hydrogen) atoms. The lowest BCUT2D eigenvalue weighted by atomic mass is 10.0. The second-order valence-electron chi connectivity index (χ2n) is 5.63. The van der Waals surface area contributed by atoms with Crippen LogP contribution in [0.4, 0.5) is 5.82 Å². The third-order valence-corrected chi connectivity index (χ3v) is 4.28. The number of hydrogen-bond acceptors (Lipinski definition) is 4. The van der Waals surface area contributed by atoms with Crippen molar-refractivity contribution < 1.29 is 0 Å². The molecule has 0 saturated heterocycles. The van der Waals surface area contributed by atoms with E-state index in [9.17, 15) is 0 Å². The van der Waals surface area contributed by atoms with Gasteiger partial charge in [-0.3, -0.25) is 4.98 Å². The van der Waals surface area contributed by atoms with E-state index in [2.05, 4.69) is 27.4 Å². The minimum Gasteiger partial charge on any atom is -0.373 e.